The molecule has 18 heavy (non-hydrogen) atoms. The molecule has 10 heteroatoms. The number of benzene rings is 1. The lowest BCUT2D eigenvalue weighted by atomic mass is 10.1. The first-order valence-corrected chi connectivity index (χ1v) is 5.78. The van der Waals surface area contributed by atoms with Crippen LogP contribution in [0.4, 0.5) is 26.3 Å². The molecule has 0 heterocycles. The summed E-state index contributed by atoms with van der Waals surface area (Å²) in [5.41, 5.74) is -1.59. The Bertz CT molecular complexity index is 568. The standard InChI is InChI=1S/C8H5F6NO2S/c9-4-2-6(11)5(10)1-3(4)7(8(12,13)14)18(15,16)17/h1-2,7H,(H2,15,16,17). The molecule has 3 nitrogen and oxygen atoms in total. The average molecular weight is 293 g/mol. The van der Waals surface area contributed by atoms with E-state index in [9.17, 15) is 34.8 Å². The van der Waals surface area contributed by atoms with E-state index in [0.717, 1.165) is 0 Å². The van der Waals surface area contributed by atoms with Crippen LogP contribution in [0.5, 0.6) is 0 Å². The maximum atomic E-state index is 13.1. The van der Waals surface area contributed by atoms with Crippen LogP contribution in [0.25, 0.3) is 0 Å². The highest BCUT2D eigenvalue weighted by atomic mass is 32.2. The van der Waals surface area contributed by atoms with Gasteiger partial charge in [0.25, 0.3) is 0 Å². The molecule has 0 aliphatic carbocycles. The van der Waals surface area contributed by atoms with Crippen LogP contribution >= 0.6 is 0 Å². The van der Waals surface area contributed by atoms with E-state index in [4.69, 9.17) is 0 Å². The third-order valence-corrected chi connectivity index (χ3v) is 3.13. The molecule has 0 radical (unpaired) electrons. The molecule has 1 unspecified atom stereocenters. The first kappa shape index (κ1) is 14.8. The summed E-state index contributed by atoms with van der Waals surface area (Å²) in [5, 5.41) is 0.866. The maximum Gasteiger partial charge on any atom is 0.410 e. The minimum Gasteiger partial charge on any atom is -0.228 e. The molecule has 1 atom stereocenters. The summed E-state index contributed by atoms with van der Waals surface area (Å²) in [6, 6.07) is -0.373. The summed E-state index contributed by atoms with van der Waals surface area (Å²) in [6.07, 6.45) is -5.46. The first-order valence-electron chi connectivity index (χ1n) is 4.17. The van der Waals surface area contributed by atoms with E-state index in [1.54, 1.807) is 0 Å². The Morgan fingerprint density at radius 2 is 1.44 bits per heavy atom. The summed E-state index contributed by atoms with van der Waals surface area (Å²) in [7, 11) is -5.28. The Kier molecular flexibility index (Phi) is 3.63. The van der Waals surface area contributed by atoms with E-state index >= 15 is 0 Å². The highest BCUT2D eigenvalue weighted by Crippen LogP contribution is 2.39. The zero-order valence-corrected chi connectivity index (χ0v) is 9.12. The Morgan fingerprint density at radius 3 is 1.83 bits per heavy atom. The van der Waals surface area contributed by atoms with Crippen LogP contribution in [0.3, 0.4) is 0 Å². The second kappa shape index (κ2) is 4.43. The average Bonchev–Trinajstić information content (AvgIpc) is 2.09. The number of hydrogen-bond donors (Lipinski definition) is 1. The summed E-state index contributed by atoms with van der Waals surface area (Å²) in [4.78, 5) is 0. The van der Waals surface area contributed by atoms with Crippen molar-refractivity contribution in [1.29, 1.82) is 0 Å². The quantitative estimate of drug-likeness (QED) is 0.669. The lowest BCUT2D eigenvalue weighted by Crippen LogP contribution is -2.34. The minimum atomic E-state index is -5.46. The SMILES string of the molecule is NS(=O)(=O)C(c1cc(F)c(F)cc1F)C(F)(F)F. The summed E-state index contributed by atoms with van der Waals surface area (Å²) in [6.45, 7) is 0. The zero-order chi connectivity index (χ0) is 14.3. The van der Waals surface area contributed by atoms with Crippen LogP contribution in [0.15, 0.2) is 12.1 Å². The second-order valence-electron chi connectivity index (χ2n) is 3.30. The molecule has 0 aliphatic rings. The van der Waals surface area contributed by atoms with Crippen LogP contribution in [0.2, 0.25) is 0 Å². The van der Waals surface area contributed by atoms with Gasteiger partial charge in [0.2, 0.25) is 10.0 Å². The van der Waals surface area contributed by atoms with Gasteiger partial charge in [0.1, 0.15) is 5.82 Å². The van der Waals surface area contributed by atoms with Gasteiger partial charge in [-0.2, -0.15) is 13.2 Å². The summed E-state index contributed by atoms with van der Waals surface area (Å²) >= 11 is 0. The Hall–Kier alpha value is -1.29. The number of sulfonamides is 1. The zero-order valence-electron chi connectivity index (χ0n) is 8.30. The van der Waals surface area contributed by atoms with Gasteiger partial charge in [0, 0.05) is 11.6 Å². The molecule has 0 aliphatic heterocycles. The van der Waals surface area contributed by atoms with E-state index in [2.05, 4.69) is 5.14 Å². The molecule has 0 bridgehead atoms. The molecule has 0 spiro atoms. The highest BCUT2D eigenvalue weighted by molar-refractivity contribution is 7.89. The topological polar surface area (TPSA) is 60.2 Å². The van der Waals surface area contributed by atoms with E-state index in [1.807, 2.05) is 0 Å². The number of halogens is 6. The van der Waals surface area contributed by atoms with Gasteiger partial charge >= 0.3 is 6.18 Å². The van der Waals surface area contributed by atoms with Gasteiger partial charge in [-0.25, -0.2) is 26.7 Å². The van der Waals surface area contributed by atoms with Gasteiger partial charge in [0.15, 0.2) is 16.9 Å². The molecule has 2 N–H and O–H groups in total. The maximum absolute atomic E-state index is 13.1. The Balaban J connectivity index is 3.55. The fourth-order valence-corrected chi connectivity index (χ4v) is 2.19. The Morgan fingerprint density at radius 1 is 1.00 bits per heavy atom. The molecule has 0 amide bonds. The van der Waals surface area contributed by atoms with Crippen molar-refractivity contribution >= 4 is 10.0 Å². The molecular formula is C8H5F6NO2S. The predicted octanol–water partition coefficient (Wildman–Crippen LogP) is 2.00. The molecule has 102 valence electrons. The van der Waals surface area contributed by atoms with Gasteiger partial charge in [-0.1, -0.05) is 0 Å². The number of nitrogens with two attached hydrogens (primary N) is 1. The van der Waals surface area contributed by atoms with Crippen molar-refractivity contribution < 1.29 is 34.8 Å². The summed E-state index contributed by atoms with van der Waals surface area (Å²) < 4.78 is 97.4. The van der Waals surface area contributed by atoms with Crippen LogP contribution in [-0.4, -0.2) is 14.6 Å². The fraction of sp³-hybridized carbons (Fsp3) is 0.250. The third-order valence-electron chi connectivity index (χ3n) is 1.95. The van der Waals surface area contributed by atoms with Gasteiger partial charge in [0.05, 0.1) is 0 Å². The number of primary sulfonamides is 1. The molecule has 0 saturated heterocycles. The second-order valence-corrected chi connectivity index (χ2v) is 4.95. The molecule has 1 aromatic rings. The van der Waals surface area contributed by atoms with E-state index in [-0.39, 0.29) is 12.1 Å². The van der Waals surface area contributed by atoms with E-state index in [1.165, 1.54) is 0 Å². The molecule has 1 rings (SSSR count). The third kappa shape index (κ3) is 2.93. The van der Waals surface area contributed by atoms with Crippen molar-refractivity contribution in [2.45, 2.75) is 11.4 Å². The van der Waals surface area contributed by atoms with Crippen molar-refractivity contribution in [2.24, 2.45) is 5.14 Å². The summed E-state index contributed by atoms with van der Waals surface area (Å²) in [5.74, 6) is -5.42. The first-order chi connectivity index (χ1) is 7.94. The Labute approximate surface area is 97.3 Å². The van der Waals surface area contributed by atoms with Crippen molar-refractivity contribution in [2.75, 3.05) is 0 Å². The molecule has 1 aromatic carbocycles. The number of hydrogen-bond acceptors (Lipinski definition) is 2. The number of rotatable bonds is 2. The molecule has 0 saturated carbocycles. The molecule has 0 fully saturated rings. The fourth-order valence-electron chi connectivity index (χ4n) is 1.28. The number of alkyl halides is 3. The highest BCUT2D eigenvalue weighted by Gasteiger charge is 2.50. The van der Waals surface area contributed by atoms with Crippen molar-refractivity contribution in [3.8, 4) is 0 Å². The van der Waals surface area contributed by atoms with E-state index in [0.29, 0.717) is 0 Å². The minimum absolute atomic E-state index is 0.186. The van der Waals surface area contributed by atoms with Gasteiger partial charge in [-0.05, 0) is 6.07 Å². The van der Waals surface area contributed by atoms with Crippen molar-refractivity contribution in [3.63, 3.8) is 0 Å². The smallest absolute Gasteiger partial charge is 0.228 e. The van der Waals surface area contributed by atoms with Crippen LogP contribution in [0, 0.1) is 17.5 Å². The normalized spacial score (nSPS) is 14.6. The van der Waals surface area contributed by atoms with Crippen LogP contribution in [-0.2, 0) is 10.0 Å². The van der Waals surface area contributed by atoms with Crippen molar-refractivity contribution in [3.05, 3.63) is 35.1 Å². The largest absolute Gasteiger partial charge is 0.410 e. The van der Waals surface area contributed by atoms with Gasteiger partial charge < -0.3 is 0 Å². The van der Waals surface area contributed by atoms with E-state index < -0.39 is 44.5 Å². The van der Waals surface area contributed by atoms with Gasteiger partial charge in [-0.3, -0.25) is 0 Å². The lowest BCUT2D eigenvalue weighted by Gasteiger charge is -2.19. The molecule has 0 aromatic heterocycles. The van der Waals surface area contributed by atoms with Crippen molar-refractivity contribution in [1.82, 2.24) is 0 Å². The lowest BCUT2D eigenvalue weighted by molar-refractivity contribution is -0.132. The van der Waals surface area contributed by atoms with Gasteiger partial charge in [-0.15, -0.1) is 0 Å². The van der Waals surface area contributed by atoms with Crippen LogP contribution in [0.1, 0.15) is 10.8 Å². The predicted molar refractivity (Wildman–Crippen MR) is 48.2 cm³/mol. The molecular weight excluding hydrogens is 288 g/mol. The monoisotopic (exact) mass is 293 g/mol. The van der Waals surface area contributed by atoms with Crippen LogP contribution < -0.4 is 5.14 Å².